The van der Waals surface area contributed by atoms with Crippen molar-refractivity contribution in [3.63, 3.8) is 0 Å². The summed E-state index contributed by atoms with van der Waals surface area (Å²) in [6.07, 6.45) is 5.68. The summed E-state index contributed by atoms with van der Waals surface area (Å²) in [5, 5.41) is 16.6. The van der Waals surface area contributed by atoms with E-state index in [9.17, 15) is 4.79 Å². The molecular formula is C17H19N7O. The summed E-state index contributed by atoms with van der Waals surface area (Å²) in [5.41, 5.74) is 0.888. The standard InChI is InChI=1S/C17H19N7O/c25-16(23-11-4-8-15(23)12-22-10-5-9-18-22)13-24-20-17(19-21-24)14-6-2-1-3-7-14/h1-3,5-7,9-10,15H,4,8,11-13H2/t15-/m0/s1. The Kier molecular flexibility index (Phi) is 4.24. The van der Waals surface area contributed by atoms with Crippen LogP contribution < -0.4 is 0 Å². The molecule has 25 heavy (non-hydrogen) atoms. The summed E-state index contributed by atoms with van der Waals surface area (Å²) in [6.45, 7) is 1.60. The van der Waals surface area contributed by atoms with Crippen molar-refractivity contribution in [2.75, 3.05) is 6.54 Å². The molecule has 1 aliphatic heterocycles. The van der Waals surface area contributed by atoms with Gasteiger partial charge in [0.25, 0.3) is 0 Å². The summed E-state index contributed by atoms with van der Waals surface area (Å²) >= 11 is 0. The maximum Gasteiger partial charge on any atom is 0.246 e. The number of carbonyl (C=O) groups excluding carboxylic acids is 1. The van der Waals surface area contributed by atoms with Gasteiger partial charge in [0.15, 0.2) is 0 Å². The zero-order valence-corrected chi connectivity index (χ0v) is 13.8. The number of carbonyl (C=O) groups is 1. The van der Waals surface area contributed by atoms with Crippen molar-refractivity contribution >= 4 is 5.91 Å². The Morgan fingerprint density at radius 1 is 1.20 bits per heavy atom. The van der Waals surface area contributed by atoms with Crippen LogP contribution in [0.25, 0.3) is 11.4 Å². The number of hydrogen-bond donors (Lipinski definition) is 0. The summed E-state index contributed by atoms with van der Waals surface area (Å²) in [5.74, 6) is 0.551. The smallest absolute Gasteiger partial charge is 0.246 e. The highest BCUT2D eigenvalue weighted by molar-refractivity contribution is 5.76. The van der Waals surface area contributed by atoms with Gasteiger partial charge in [0.05, 0.1) is 12.6 Å². The van der Waals surface area contributed by atoms with Crippen molar-refractivity contribution in [1.82, 2.24) is 34.9 Å². The predicted octanol–water partition coefficient (Wildman–Crippen LogP) is 1.23. The lowest BCUT2D eigenvalue weighted by atomic mass is 10.2. The molecule has 0 bridgehead atoms. The Hall–Kier alpha value is -3.03. The Labute approximate surface area is 145 Å². The minimum absolute atomic E-state index is 0.0201. The normalized spacial score (nSPS) is 17.1. The van der Waals surface area contributed by atoms with E-state index in [4.69, 9.17) is 0 Å². The molecule has 2 aromatic heterocycles. The van der Waals surface area contributed by atoms with Crippen LogP contribution in [0, 0.1) is 0 Å². The fourth-order valence-corrected chi connectivity index (χ4v) is 3.20. The SMILES string of the molecule is O=C(Cn1nnc(-c2ccccc2)n1)N1CCC[C@H]1Cn1cccn1. The molecule has 8 heteroatoms. The van der Waals surface area contributed by atoms with Crippen LogP contribution in [0.3, 0.4) is 0 Å². The molecule has 1 fully saturated rings. The summed E-state index contributed by atoms with van der Waals surface area (Å²) in [6, 6.07) is 11.7. The lowest BCUT2D eigenvalue weighted by Gasteiger charge is -2.24. The van der Waals surface area contributed by atoms with Crippen molar-refractivity contribution in [2.45, 2.75) is 32.0 Å². The quantitative estimate of drug-likeness (QED) is 0.699. The molecule has 1 aromatic carbocycles. The van der Waals surface area contributed by atoms with E-state index in [-0.39, 0.29) is 18.5 Å². The molecule has 0 spiro atoms. The van der Waals surface area contributed by atoms with Gasteiger partial charge in [0.1, 0.15) is 6.54 Å². The average Bonchev–Trinajstić information content (AvgIpc) is 3.38. The van der Waals surface area contributed by atoms with Crippen molar-refractivity contribution in [1.29, 1.82) is 0 Å². The first-order valence-electron chi connectivity index (χ1n) is 8.40. The number of tetrazole rings is 1. The third-order valence-electron chi connectivity index (χ3n) is 4.42. The van der Waals surface area contributed by atoms with Crippen LogP contribution in [0.5, 0.6) is 0 Å². The van der Waals surface area contributed by atoms with Gasteiger partial charge in [-0.15, -0.1) is 10.2 Å². The van der Waals surface area contributed by atoms with Crippen LogP contribution >= 0.6 is 0 Å². The maximum absolute atomic E-state index is 12.7. The van der Waals surface area contributed by atoms with E-state index >= 15 is 0 Å². The van der Waals surface area contributed by atoms with Crippen molar-refractivity contribution < 1.29 is 4.79 Å². The minimum Gasteiger partial charge on any atom is -0.336 e. The van der Waals surface area contributed by atoms with Gasteiger partial charge in [-0.25, -0.2) is 0 Å². The number of benzene rings is 1. The number of rotatable bonds is 5. The Bertz CT molecular complexity index is 828. The summed E-state index contributed by atoms with van der Waals surface area (Å²) in [7, 11) is 0. The second kappa shape index (κ2) is 6.84. The number of aromatic nitrogens is 6. The van der Waals surface area contributed by atoms with E-state index in [0.29, 0.717) is 5.82 Å². The lowest BCUT2D eigenvalue weighted by molar-refractivity contribution is -0.133. The van der Waals surface area contributed by atoms with Crippen LogP contribution in [-0.2, 0) is 17.9 Å². The molecule has 1 amide bonds. The molecule has 0 unspecified atom stereocenters. The third-order valence-corrected chi connectivity index (χ3v) is 4.42. The Morgan fingerprint density at radius 3 is 2.88 bits per heavy atom. The first-order chi connectivity index (χ1) is 12.3. The first-order valence-corrected chi connectivity index (χ1v) is 8.40. The highest BCUT2D eigenvalue weighted by Crippen LogP contribution is 2.19. The van der Waals surface area contributed by atoms with E-state index in [1.807, 2.05) is 52.2 Å². The Morgan fingerprint density at radius 2 is 2.08 bits per heavy atom. The zero-order valence-electron chi connectivity index (χ0n) is 13.8. The van der Waals surface area contributed by atoms with E-state index in [2.05, 4.69) is 20.5 Å². The predicted molar refractivity (Wildman–Crippen MR) is 90.2 cm³/mol. The van der Waals surface area contributed by atoms with Gasteiger partial charge in [0.2, 0.25) is 11.7 Å². The molecule has 8 nitrogen and oxygen atoms in total. The molecule has 0 N–H and O–H groups in total. The van der Waals surface area contributed by atoms with E-state index < -0.39 is 0 Å². The van der Waals surface area contributed by atoms with Gasteiger partial charge in [-0.2, -0.15) is 9.90 Å². The maximum atomic E-state index is 12.7. The lowest BCUT2D eigenvalue weighted by Crippen LogP contribution is -2.40. The van der Waals surface area contributed by atoms with Crippen LogP contribution in [0.15, 0.2) is 48.8 Å². The fourth-order valence-electron chi connectivity index (χ4n) is 3.20. The molecular weight excluding hydrogens is 318 g/mol. The largest absolute Gasteiger partial charge is 0.336 e. The van der Waals surface area contributed by atoms with Gasteiger partial charge in [-0.3, -0.25) is 9.48 Å². The Balaban J connectivity index is 1.42. The van der Waals surface area contributed by atoms with Crippen molar-refractivity contribution in [3.05, 3.63) is 48.8 Å². The minimum atomic E-state index is 0.0201. The van der Waals surface area contributed by atoms with E-state index in [1.165, 1.54) is 4.80 Å². The van der Waals surface area contributed by atoms with Gasteiger partial charge in [-0.05, 0) is 24.1 Å². The number of amides is 1. The summed E-state index contributed by atoms with van der Waals surface area (Å²) < 4.78 is 1.87. The van der Waals surface area contributed by atoms with E-state index in [1.54, 1.807) is 6.20 Å². The monoisotopic (exact) mass is 337 g/mol. The second-order valence-electron chi connectivity index (χ2n) is 6.12. The van der Waals surface area contributed by atoms with Crippen molar-refractivity contribution in [3.8, 4) is 11.4 Å². The van der Waals surface area contributed by atoms with Gasteiger partial charge in [0, 0.05) is 24.5 Å². The molecule has 0 saturated carbocycles. The first kappa shape index (κ1) is 15.5. The molecule has 128 valence electrons. The van der Waals surface area contributed by atoms with E-state index in [0.717, 1.165) is 31.5 Å². The van der Waals surface area contributed by atoms with Crippen LogP contribution in [0.1, 0.15) is 12.8 Å². The highest BCUT2D eigenvalue weighted by atomic mass is 16.2. The molecule has 0 radical (unpaired) electrons. The second-order valence-corrected chi connectivity index (χ2v) is 6.12. The highest BCUT2D eigenvalue weighted by Gasteiger charge is 2.29. The third kappa shape index (κ3) is 3.42. The van der Waals surface area contributed by atoms with Crippen LogP contribution in [0.2, 0.25) is 0 Å². The summed E-state index contributed by atoms with van der Waals surface area (Å²) in [4.78, 5) is 15.9. The number of nitrogens with zero attached hydrogens (tertiary/aromatic N) is 7. The van der Waals surface area contributed by atoms with Crippen LogP contribution in [-0.4, -0.2) is 53.4 Å². The average molecular weight is 337 g/mol. The molecule has 1 aliphatic rings. The van der Waals surface area contributed by atoms with Gasteiger partial charge in [-0.1, -0.05) is 30.3 Å². The topological polar surface area (TPSA) is 81.7 Å². The number of hydrogen-bond acceptors (Lipinski definition) is 5. The molecule has 3 heterocycles. The number of likely N-dealkylation sites (tertiary alicyclic amines) is 1. The van der Waals surface area contributed by atoms with Crippen LogP contribution in [0.4, 0.5) is 0 Å². The fraction of sp³-hybridized carbons (Fsp3) is 0.353. The zero-order chi connectivity index (χ0) is 17.1. The molecule has 1 saturated heterocycles. The molecule has 3 aromatic rings. The molecule has 0 aliphatic carbocycles. The van der Waals surface area contributed by atoms with Gasteiger partial charge >= 0.3 is 0 Å². The van der Waals surface area contributed by atoms with Gasteiger partial charge < -0.3 is 4.90 Å². The van der Waals surface area contributed by atoms with Crippen molar-refractivity contribution in [2.24, 2.45) is 0 Å². The molecule has 4 rings (SSSR count). The molecule has 1 atom stereocenters.